The van der Waals surface area contributed by atoms with Gasteiger partial charge in [-0.3, -0.25) is 4.79 Å². The number of hydrogen-bond donors (Lipinski definition) is 1. The van der Waals surface area contributed by atoms with Gasteiger partial charge in [-0.05, 0) is 36.6 Å². The Kier molecular flexibility index (Phi) is 4.84. The summed E-state index contributed by atoms with van der Waals surface area (Å²) in [6.45, 7) is 2.58. The standard InChI is InChI=1S/C13H17NO3.ClH/c1-8-10-7-12(17-3)11(16-2)6-9(10)4-5-14-13(8)15;/h6-8H,4-5H2,1-3H3,(H,14,15);1H. The molecule has 18 heavy (non-hydrogen) atoms. The van der Waals surface area contributed by atoms with Crippen LogP contribution in [0.3, 0.4) is 0 Å². The minimum Gasteiger partial charge on any atom is -0.493 e. The van der Waals surface area contributed by atoms with Crippen LogP contribution in [0.5, 0.6) is 11.5 Å². The van der Waals surface area contributed by atoms with Gasteiger partial charge >= 0.3 is 0 Å². The molecular formula is C13H18ClNO3. The van der Waals surface area contributed by atoms with E-state index in [0.29, 0.717) is 18.0 Å². The number of ether oxygens (including phenoxy) is 2. The maximum absolute atomic E-state index is 11.7. The van der Waals surface area contributed by atoms with Crippen LogP contribution in [0.4, 0.5) is 0 Å². The van der Waals surface area contributed by atoms with E-state index in [1.54, 1.807) is 14.2 Å². The zero-order valence-corrected chi connectivity index (χ0v) is 11.6. The minimum absolute atomic E-state index is 0. The van der Waals surface area contributed by atoms with Crippen LogP contribution in [0.1, 0.15) is 24.0 Å². The molecule has 0 spiro atoms. The van der Waals surface area contributed by atoms with Crippen LogP contribution in [0.2, 0.25) is 0 Å². The summed E-state index contributed by atoms with van der Waals surface area (Å²) in [4.78, 5) is 11.7. The van der Waals surface area contributed by atoms with Crippen molar-refractivity contribution < 1.29 is 14.3 Å². The van der Waals surface area contributed by atoms with Crippen molar-refractivity contribution >= 4 is 18.3 Å². The smallest absolute Gasteiger partial charge is 0.227 e. The average Bonchev–Trinajstić information content (AvgIpc) is 2.48. The van der Waals surface area contributed by atoms with Gasteiger partial charge in [-0.1, -0.05) is 0 Å². The van der Waals surface area contributed by atoms with Crippen LogP contribution >= 0.6 is 12.4 Å². The molecule has 0 saturated carbocycles. The number of halogens is 1. The lowest BCUT2D eigenvalue weighted by Crippen LogP contribution is -2.26. The Balaban J connectivity index is 0.00000162. The highest BCUT2D eigenvalue weighted by Crippen LogP contribution is 2.34. The molecule has 0 aromatic heterocycles. The molecule has 5 heteroatoms. The number of fused-ring (bicyclic) bond motifs is 1. The SMILES string of the molecule is COc1cc2c(cc1OC)C(C)C(=O)NCC2.Cl. The Morgan fingerprint density at radius 1 is 1.22 bits per heavy atom. The number of rotatable bonds is 2. The van der Waals surface area contributed by atoms with Gasteiger partial charge in [0.1, 0.15) is 0 Å². The highest BCUT2D eigenvalue weighted by molar-refractivity contribution is 5.85. The molecule has 0 aliphatic carbocycles. The summed E-state index contributed by atoms with van der Waals surface area (Å²) in [6.07, 6.45) is 0.825. The number of carbonyl (C=O) groups excluding carboxylic acids is 1. The highest BCUT2D eigenvalue weighted by atomic mass is 35.5. The Morgan fingerprint density at radius 2 is 1.83 bits per heavy atom. The predicted octanol–water partition coefficient (Wildman–Crippen LogP) is 1.90. The summed E-state index contributed by atoms with van der Waals surface area (Å²) in [5, 5.41) is 2.90. The van der Waals surface area contributed by atoms with Crippen LogP contribution in [0, 0.1) is 0 Å². The van der Waals surface area contributed by atoms with Crippen LogP contribution in [0.25, 0.3) is 0 Å². The van der Waals surface area contributed by atoms with E-state index >= 15 is 0 Å². The number of nitrogens with one attached hydrogen (secondary N) is 1. The van der Waals surface area contributed by atoms with Crippen molar-refractivity contribution in [3.05, 3.63) is 23.3 Å². The van der Waals surface area contributed by atoms with E-state index in [9.17, 15) is 4.79 Å². The van der Waals surface area contributed by atoms with Crippen LogP contribution < -0.4 is 14.8 Å². The molecule has 0 bridgehead atoms. The molecule has 4 nitrogen and oxygen atoms in total. The molecule has 1 amide bonds. The Bertz CT molecular complexity index is 448. The van der Waals surface area contributed by atoms with Gasteiger partial charge in [0.15, 0.2) is 11.5 Å². The fraction of sp³-hybridized carbons (Fsp3) is 0.462. The van der Waals surface area contributed by atoms with E-state index in [-0.39, 0.29) is 24.2 Å². The van der Waals surface area contributed by atoms with Gasteiger partial charge in [-0.2, -0.15) is 0 Å². The molecule has 1 aromatic rings. The molecule has 1 atom stereocenters. The second kappa shape index (κ2) is 5.96. The zero-order chi connectivity index (χ0) is 12.4. The monoisotopic (exact) mass is 271 g/mol. The zero-order valence-electron chi connectivity index (χ0n) is 10.8. The van der Waals surface area contributed by atoms with Crippen molar-refractivity contribution in [1.29, 1.82) is 0 Å². The molecule has 1 aliphatic rings. The molecule has 0 radical (unpaired) electrons. The van der Waals surface area contributed by atoms with Gasteiger partial charge in [0.05, 0.1) is 20.1 Å². The lowest BCUT2D eigenvalue weighted by atomic mass is 9.94. The third-order valence-corrected chi connectivity index (χ3v) is 3.20. The summed E-state index contributed by atoms with van der Waals surface area (Å²) >= 11 is 0. The first kappa shape index (κ1) is 14.6. The molecule has 100 valence electrons. The fourth-order valence-electron chi connectivity index (χ4n) is 2.17. The third kappa shape index (κ3) is 2.53. The molecule has 0 fully saturated rings. The van der Waals surface area contributed by atoms with E-state index in [2.05, 4.69) is 5.32 Å². The number of amides is 1. The summed E-state index contributed by atoms with van der Waals surface area (Å²) in [7, 11) is 3.22. The highest BCUT2D eigenvalue weighted by Gasteiger charge is 2.23. The maximum atomic E-state index is 11.7. The third-order valence-electron chi connectivity index (χ3n) is 3.20. The molecule has 1 unspecified atom stereocenters. The van der Waals surface area contributed by atoms with Crippen molar-refractivity contribution in [2.75, 3.05) is 20.8 Å². The summed E-state index contributed by atoms with van der Waals surface area (Å²) in [5.41, 5.74) is 2.17. The Morgan fingerprint density at radius 3 is 2.44 bits per heavy atom. The average molecular weight is 272 g/mol. The Labute approximate surface area is 113 Å². The van der Waals surface area contributed by atoms with Crippen LogP contribution in [0.15, 0.2) is 12.1 Å². The number of hydrogen-bond acceptors (Lipinski definition) is 3. The van der Waals surface area contributed by atoms with Crippen LogP contribution in [-0.2, 0) is 11.2 Å². The second-order valence-electron chi connectivity index (χ2n) is 4.17. The van der Waals surface area contributed by atoms with E-state index < -0.39 is 0 Å². The molecule has 0 saturated heterocycles. The molecule has 1 aromatic carbocycles. The van der Waals surface area contributed by atoms with E-state index in [1.165, 1.54) is 0 Å². The normalized spacial score (nSPS) is 17.9. The van der Waals surface area contributed by atoms with E-state index in [4.69, 9.17) is 9.47 Å². The largest absolute Gasteiger partial charge is 0.493 e. The Hall–Kier alpha value is -1.42. The van der Waals surface area contributed by atoms with E-state index in [1.807, 2.05) is 19.1 Å². The van der Waals surface area contributed by atoms with Gasteiger partial charge in [0.25, 0.3) is 0 Å². The molecule has 1 N–H and O–H groups in total. The lowest BCUT2D eigenvalue weighted by molar-refractivity contribution is -0.121. The van der Waals surface area contributed by atoms with Gasteiger partial charge in [-0.15, -0.1) is 12.4 Å². The first-order valence-electron chi connectivity index (χ1n) is 5.70. The van der Waals surface area contributed by atoms with Gasteiger partial charge < -0.3 is 14.8 Å². The van der Waals surface area contributed by atoms with Gasteiger partial charge in [0, 0.05) is 6.54 Å². The number of benzene rings is 1. The summed E-state index contributed by atoms with van der Waals surface area (Å²) < 4.78 is 10.5. The topological polar surface area (TPSA) is 47.6 Å². The lowest BCUT2D eigenvalue weighted by Gasteiger charge is -2.15. The van der Waals surface area contributed by atoms with E-state index in [0.717, 1.165) is 17.5 Å². The summed E-state index contributed by atoms with van der Waals surface area (Å²) in [6, 6.07) is 3.87. The quantitative estimate of drug-likeness (QED) is 0.894. The number of carbonyl (C=O) groups is 1. The van der Waals surface area contributed by atoms with Crippen molar-refractivity contribution in [1.82, 2.24) is 5.32 Å². The molecule has 1 aliphatic heterocycles. The first-order chi connectivity index (χ1) is 8.17. The number of methoxy groups -OCH3 is 2. The summed E-state index contributed by atoms with van der Waals surface area (Å²) in [5.74, 6) is 1.31. The van der Waals surface area contributed by atoms with Crippen molar-refractivity contribution in [3.63, 3.8) is 0 Å². The maximum Gasteiger partial charge on any atom is 0.227 e. The van der Waals surface area contributed by atoms with Crippen molar-refractivity contribution in [3.8, 4) is 11.5 Å². The molecular weight excluding hydrogens is 254 g/mol. The second-order valence-corrected chi connectivity index (χ2v) is 4.17. The van der Waals surface area contributed by atoms with Crippen LogP contribution in [-0.4, -0.2) is 26.7 Å². The van der Waals surface area contributed by atoms with Gasteiger partial charge in [-0.25, -0.2) is 0 Å². The van der Waals surface area contributed by atoms with Gasteiger partial charge in [0.2, 0.25) is 5.91 Å². The minimum atomic E-state index is -0.146. The molecule has 2 rings (SSSR count). The van der Waals surface area contributed by atoms with Crippen molar-refractivity contribution in [2.45, 2.75) is 19.3 Å². The van der Waals surface area contributed by atoms with Crippen molar-refractivity contribution in [2.24, 2.45) is 0 Å². The fourth-order valence-corrected chi connectivity index (χ4v) is 2.17. The first-order valence-corrected chi connectivity index (χ1v) is 5.70. The molecule has 1 heterocycles. The predicted molar refractivity (Wildman–Crippen MR) is 71.9 cm³/mol.